The number of anilines is 1. The lowest BCUT2D eigenvalue weighted by molar-refractivity contribution is 0.101. The predicted molar refractivity (Wildman–Crippen MR) is 61.0 cm³/mol. The molecule has 7 heteroatoms. The Balaban J connectivity index is 2.11. The van der Waals surface area contributed by atoms with Crippen LogP contribution in [0.25, 0.3) is 0 Å². The molecule has 0 spiro atoms. The number of hydrogen-bond acceptors (Lipinski definition) is 4. The summed E-state index contributed by atoms with van der Waals surface area (Å²) >= 11 is 0. The third-order valence-electron chi connectivity index (χ3n) is 2.28. The van der Waals surface area contributed by atoms with E-state index >= 15 is 0 Å². The minimum atomic E-state index is -0.240. The van der Waals surface area contributed by atoms with Crippen molar-refractivity contribution in [3.8, 4) is 6.01 Å². The molecule has 0 saturated carbocycles. The molecule has 90 valence electrons. The lowest BCUT2D eigenvalue weighted by Crippen LogP contribution is -2.17. The Morgan fingerprint density at radius 3 is 3.12 bits per heavy atom. The van der Waals surface area contributed by atoms with E-state index in [9.17, 15) is 4.79 Å². The second-order valence-corrected chi connectivity index (χ2v) is 3.30. The van der Waals surface area contributed by atoms with Crippen LogP contribution in [0, 0.1) is 0 Å². The van der Waals surface area contributed by atoms with Crippen LogP contribution >= 0.6 is 0 Å². The monoisotopic (exact) mass is 235 g/mol. The summed E-state index contributed by atoms with van der Waals surface area (Å²) in [5.74, 6) is 0.0198. The molecule has 2 heterocycles. The number of nitrogens with zero attached hydrogens (tertiary/aromatic N) is 3. The Labute approximate surface area is 97.8 Å². The molecule has 0 saturated heterocycles. The summed E-state index contributed by atoms with van der Waals surface area (Å²) in [6, 6.07) is 3.75. The van der Waals surface area contributed by atoms with Gasteiger partial charge in [-0.1, -0.05) is 0 Å². The van der Waals surface area contributed by atoms with Crippen LogP contribution in [0.2, 0.25) is 0 Å². The largest absolute Gasteiger partial charge is 0.466 e. The maximum absolute atomic E-state index is 11.9. The normalized spacial score (nSPS) is 10.2. The van der Waals surface area contributed by atoms with Gasteiger partial charge in [0.05, 0.1) is 7.11 Å². The van der Waals surface area contributed by atoms with E-state index in [0.717, 1.165) is 6.54 Å². The predicted octanol–water partition coefficient (Wildman–Crippen LogP) is 0.887. The number of aromatic nitrogens is 4. The van der Waals surface area contributed by atoms with Crippen LogP contribution in [0.5, 0.6) is 6.01 Å². The minimum Gasteiger partial charge on any atom is -0.466 e. The highest BCUT2D eigenvalue weighted by Gasteiger charge is 2.12. The van der Waals surface area contributed by atoms with Gasteiger partial charge in [-0.3, -0.25) is 10.1 Å². The smallest absolute Gasteiger partial charge is 0.336 e. The van der Waals surface area contributed by atoms with Crippen molar-refractivity contribution >= 4 is 11.9 Å². The molecule has 0 aliphatic carbocycles. The van der Waals surface area contributed by atoms with Crippen LogP contribution < -0.4 is 10.1 Å². The van der Waals surface area contributed by atoms with Crippen molar-refractivity contribution in [2.75, 3.05) is 12.4 Å². The van der Waals surface area contributed by atoms with Crippen molar-refractivity contribution in [1.82, 2.24) is 19.7 Å². The zero-order chi connectivity index (χ0) is 12.3. The first-order valence-electron chi connectivity index (χ1n) is 5.17. The Kier molecular flexibility index (Phi) is 3.08. The lowest BCUT2D eigenvalue weighted by Gasteiger charge is -2.04. The molecule has 2 rings (SSSR count). The van der Waals surface area contributed by atoms with Gasteiger partial charge in [0, 0.05) is 12.7 Å². The Bertz CT molecular complexity index is 516. The molecule has 0 radical (unpaired) electrons. The summed E-state index contributed by atoms with van der Waals surface area (Å²) in [7, 11) is 1.46. The molecule has 17 heavy (non-hydrogen) atoms. The van der Waals surface area contributed by atoms with Gasteiger partial charge in [-0.15, -0.1) is 5.10 Å². The average Bonchev–Trinajstić information content (AvgIpc) is 2.96. The number of carbonyl (C=O) groups is 1. The molecule has 0 unspecified atom stereocenters. The van der Waals surface area contributed by atoms with Crippen LogP contribution in [0.1, 0.15) is 17.4 Å². The molecule has 2 aromatic heterocycles. The van der Waals surface area contributed by atoms with Gasteiger partial charge < -0.3 is 9.30 Å². The summed E-state index contributed by atoms with van der Waals surface area (Å²) in [5, 5.41) is 8.90. The van der Waals surface area contributed by atoms with Crippen molar-refractivity contribution in [3.05, 3.63) is 24.0 Å². The number of nitrogens with one attached hydrogen (secondary N) is 2. The molecule has 0 aliphatic rings. The van der Waals surface area contributed by atoms with Crippen LogP contribution in [-0.4, -0.2) is 32.8 Å². The summed E-state index contributed by atoms with van der Waals surface area (Å²) < 4.78 is 6.64. The van der Waals surface area contributed by atoms with Gasteiger partial charge in [-0.25, -0.2) is 5.10 Å². The zero-order valence-electron chi connectivity index (χ0n) is 9.60. The maximum Gasteiger partial charge on any atom is 0.336 e. The number of rotatable bonds is 4. The quantitative estimate of drug-likeness (QED) is 0.824. The molecule has 0 atom stereocenters. The first-order valence-corrected chi connectivity index (χ1v) is 5.17. The van der Waals surface area contributed by atoms with E-state index < -0.39 is 0 Å². The van der Waals surface area contributed by atoms with Gasteiger partial charge in [-0.2, -0.15) is 4.98 Å². The van der Waals surface area contributed by atoms with Gasteiger partial charge in [-0.05, 0) is 19.1 Å². The highest BCUT2D eigenvalue weighted by Crippen LogP contribution is 2.08. The number of aromatic amines is 1. The number of methoxy groups -OCH3 is 1. The van der Waals surface area contributed by atoms with E-state index in [-0.39, 0.29) is 17.9 Å². The fourth-order valence-corrected chi connectivity index (χ4v) is 1.46. The van der Waals surface area contributed by atoms with Crippen molar-refractivity contribution in [1.29, 1.82) is 0 Å². The summed E-state index contributed by atoms with van der Waals surface area (Å²) in [6.45, 7) is 2.70. The second kappa shape index (κ2) is 4.69. The summed E-state index contributed by atoms with van der Waals surface area (Å²) in [6.07, 6.45) is 1.84. The highest BCUT2D eigenvalue weighted by molar-refractivity contribution is 6.02. The molecular weight excluding hydrogens is 222 g/mol. The number of hydrogen-bond donors (Lipinski definition) is 2. The average molecular weight is 235 g/mol. The first kappa shape index (κ1) is 11.2. The molecule has 2 N–H and O–H groups in total. The van der Waals surface area contributed by atoms with Crippen LogP contribution in [0.3, 0.4) is 0 Å². The minimum absolute atomic E-state index is 0.186. The standard InChI is InChI=1S/C10H13N5O2/c1-3-15-6-4-5-7(15)8(16)11-9-12-10(17-2)14-13-9/h4-6H,3H2,1-2H3,(H2,11,12,13,14,16). The molecule has 7 nitrogen and oxygen atoms in total. The Hall–Kier alpha value is -2.31. The van der Waals surface area contributed by atoms with E-state index in [4.69, 9.17) is 4.74 Å². The molecule has 0 fully saturated rings. The van der Waals surface area contributed by atoms with E-state index in [0.29, 0.717) is 5.69 Å². The molecule has 2 aromatic rings. The van der Waals surface area contributed by atoms with Crippen molar-refractivity contribution < 1.29 is 9.53 Å². The van der Waals surface area contributed by atoms with E-state index in [1.807, 2.05) is 23.8 Å². The highest BCUT2D eigenvalue weighted by atomic mass is 16.5. The number of carbonyl (C=O) groups excluding carboxylic acids is 1. The second-order valence-electron chi connectivity index (χ2n) is 3.30. The fourth-order valence-electron chi connectivity index (χ4n) is 1.46. The Morgan fingerprint density at radius 1 is 1.65 bits per heavy atom. The van der Waals surface area contributed by atoms with E-state index in [2.05, 4.69) is 20.5 Å². The third-order valence-corrected chi connectivity index (χ3v) is 2.28. The molecule has 0 bridgehead atoms. The van der Waals surface area contributed by atoms with Gasteiger partial charge in [0.15, 0.2) is 0 Å². The number of aryl methyl sites for hydroxylation is 1. The van der Waals surface area contributed by atoms with Crippen molar-refractivity contribution in [2.24, 2.45) is 0 Å². The summed E-state index contributed by atoms with van der Waals surface area (Å²) in [4.78, 5) is 15.8. The number of H-pyrrole nitrogens is 1. The van der Waals surface area contributed by atoms with Crippen LogP contribution in [0.4, 0.5) is 5.95 Å². The van der Waals surface area contributed by atoms with E-state index in [1.54, 1.807) is 6.07 Å². The van der Waals surface area contributed by atoms with E-state index in [1.165, 1.54) is 7.11 Å². The van der Waals surface area contributed by atoms with Gasteiger partial charge in [0.2, 0.25) is 5.95 Å². The summed E-state index contributed by atoms with van der Waals surface area (Å²) in [5.41, 5.74) is 0.572. The van der Waals surface area contributed by atoms with Gasteiger partial charge in [0.25, 0.3) is 5.91 Å². The van der Waals surface area contributed by atoms with Crippen LogP contribution in [-0.2, 0) is 6.54 Å². The number of ether oxygens (including phenoxy) is 1. The molecule has 0 aromatic carbocycles. The zero-order valence-corrected chi connectivity index (χ0v) is 9.60. The SMILES string of the molecule is CCn1cccc1C(=O)Nc1nc(OC)n[nH]1. The number of amides is 1. The third kappa shape index (κ3) is 2.27. The first-order chi connectivity index (χ1) is 8.24. The molecular formula is C10H13N5O2. The maximum atomic E-state index is 11.9. The van der Waals surface area contributed by atoms with Crippen LogP contribution in [0.15, 0.2) is 18.3 Å². The van der Waals surface area contributed by atoms with Gasteiger partial charge >= 0.3 is 6.01 Å². The lowest BCUT2D eigenvalue weighted by atomic mass is 10.4. The van der Waals surface area contributed by atoms with Gasteiger partial charge in [0.1, 0.15) is 5.69 Å². The van der Waals surface area contributed by atoms with Crippen molar-refractivity contribution in [3.63, 3.8) is 0 Å². The topological polar surface area (TPSA) is 84.8 Å². The molecule has 0 aliphatic heterocycles. The Morgan fingerprint density at radius 2 is 2.47 bits per heavy atom. The fraction of sp³-hybridized carbons (Fsp3) is 0.300. The van der Waals surface area contributed by atoms with Crippen molar-refractivity contribution in [2.45, 2.75) is 13.5 Å². The molecule has 1 amide bonds.